The van der Waals surface area contributed by atoms with E-state index >= 15 is 0 Å². The molecule has 0 aliphatic rings. The molecule has 1 N–H and O–H groups in total. The topological polar surface area (TPSA) is 67.9 Å². The van der Waals surface area contributed by atoms with Crippen molar-refractivity contribution in [2.75, 3.05) is 13.7 Å². The molecule has 0 unspecified atom stereocenters. The molecule has 2 aromatic carbocycles. The molecule has 162 valence electrons. The third-order valence-corrected chi connectivity index (χ3v) is 4.52. The Kier molecular flexibility index (Phi) is 7.86. The zero-order valence-corrected chi connectivity index (χ0v) is 18.7. The number of nitrogens with one attached hydrogen (secondary N) is 1. The maximum Gasteiger partial charge on any atom is 0.261 e. The maximum absolute atomic E-state index is 13.0. The molecule has 0 aliphatic carbocycles. The van der Waals surface area contributed by atoms with Gasteiger partial charge in [0.1, 0.15) is 17.5 Å². The lowest BCUT2D eigenvalue weighted by atomic mass is 10.1. The van der Waals surface area contributed by atoms with Crippen molar-refractivity contribution in [2.45, 2.75) is 52.7 Å². The molecule has 0 bridgehead atoms. The predicted molar refractivity (Wildman–Crippen MR) is 118 cm³/mol. The second-order valence-corrected chi connectivity index (χ2v) is 8.39. The molecular weight excluding hydrogens is 380 g/mol. The molecule has 0 spiro atoms. The first-order valence-corrected chi connectivity index (χ1v) is 10.0. The van der Waals surface area contributed by atoms with Crippen LogP contribution in [0.15, 0.2) is 48.5 Å². The predicted octanol–water partition coefficient (Wildman–Crippen LogP) is 3.71. The number of carbonyl (C=O) groups excluding carboxylic acids is 2. The van der Waals surface area contributed by atoms with Gasteiger partial charge >= 0.3 is 0 Å². The van der Waals surface area contributed by atoms with Crippen LogP contribution in [0.3, 0.4) is 0 Å². The van der Waals surface area contributed by atoms with Crippen LogP contribution in [-0.2, 0) is 16.1 Å². The minimum Gasteiger partial charge on any atom is -0.497 e. The Bertz CT molecular complexity index is 856. The Labute approximate surface area is 179 Å². The highest BCUT2D eigenvalue weighted by Gasteiger charge is 2.28. The normalized spacial score (nSPS) is 12.1. The monoisotopic (exact) mass is 412 g/mol. The van der Waals surface area contributed by atoms with E-state index in [4.69, 9.17) is 9.47 Å². The zero-order chi connectivity index (χ0) is 22.3. The van der Waals surface area contributed by atoms with Gasteiger partial charge in [-0.1, -0.05) is 29.8 Å². The SMILES string of the molecule is COc1ccc(OCC(=O)N(Cc2cccc(C)c2)[C@H](C)C(=O)NC(C)(C)C)cc1. The fourth-order valence-electron chi connectivity index (χ4n) is 2.96. The van der Waals surface area contributed by atoms with Crippen molar-refractivity contribution in [1.29, 1.82) is 0 Å². The van der Waals surface area contributed by atoms with Crippen LogP contribution in [0.5, 0.6) is 11.5 Å². The average molecular weight is 413 g/mol. The molecule has 0 fully saturated rings. The molecule has 0 saturated carbocycles. The molecule has 2 rings (SSSR count). The van der Waals surface area contributed by atoms with Crippen molar-refractivity contribution in [2.24, 2.45) is 0 Å². The lowest BCUT2D eigenvalue weighted by Gasteiger charge is -2.31. The summed E-state index contributed by atoms with van der Waals surface area (Å²) < 4.78 is 10.8. The van der Waals surface area contributed by atoms with Crippen molar-refractivity contribution in [1.82, 2.24) is 10.2 Å². The van der Waals surface area contributed by atoms with Gasteiger partial charge in [-0.15, -0.1) is 0 Å². The summed E-state index contributed by atoms with van der Waals surface area (Å²) in [5.41, 5.74) is 1.67. The standard InChI is InChI=1S/C24H32N2O4/c1-17-8-7-9-19(14-17)15-26(18(2)23(28)25-24(3,4)5)22(27)16-30-21-12-10-20(29-6)11-13-21/h7-14,18H,15-16H2,1-6H3,(H,25,28)/t18-/m1/s1. The van der Waals surface area contributed by atoms with Crippen LogP contribution >= 0.6 is 0 Å². The van der Waals surface area contributed by atoms with Gasteiger partial charge < -0.3 is 19.7 Å². The first-order valence-electron chi connectivity index (χ1n) is 10.0. The number of carbonyl (C=O) groups is 2. The van der Waals surface area contributed by atoms with E-state index in [1.807, 2.05) is 52.0 Å². The number of hydrogen-bond donors (Lipinski definition) is 1. The molecule has 30 heavy (non-hydrogen) atoms. The summed E-state index contributed by atoms with van der Waals surface area (Å²) in [6.45, 7) is 9.64. The molecule has 0 radical (unpaired) electrons. The summed E-state index contributed by atoms with van der Waals surface area (Å²) in [6.07, 6.45) is 0. The molecule has 0 aromatic heterocycles. The summed E-state index contributed by atoms with van der Waals surface area (Å²) >= 11 is 0. The molecular formula is C24H32N2O4. The molecule has 1 atom stereocenters. The van der Waals surface area contributed by atoms with Crippen molar-refractivity contribution < 1.29 is 19.1 Å². The highest BCUT2D eigenvalue weighted by atomic mass is 16.5. The molecule has 2 aromatic rings. The van der Waals surface area contributed by atoms with Crippen LogP contribution in [0.4, 0.5) is 0 Å². The minimum absolute atomic E-state index is 0.161. The summed E-state index contributed by atoms with van der Waals surface area (Å²) in [7, 11) is 1.59. The van der Waals surface area contributed by atoms with E-state index in [0.717, 1.165) is 11.1 Å². The fraction of sp³-hybridized carbons (Fsp3) is 0.417. The molecule has 0 heterocycles. The number of benzene rings is 2. The summed E-state index contributed by atoms with van der Waals surface area (Å²) in [6, 6.07) is 14.3. The van der Waals surface area contributed by atoms with Crippen LogP contribution < -0.4 is 14.8 Å². The van der Waals surface area contributed by atoms with Gasteiger partial charge in [-0.2, -0.15) is 0 Å². The van der Waals surface area contributed by atoms with Crippen molar-refractivity contribution >= 4 is 11.8 Å². The van der Waals surface area contributed by atoms with Crippen LogP contribution in [0.2, 0.25) is 0 Å². The van der Waals surface area contributed by atoms with Gasteiger partial charge in [0.25, 0.3) is 5.91 Å². The van der Waals surface area contributed by atoms with E-state index in [1.165, 1.54) is 0 Å². The Morgan fingerprint density at radius 3 is 2.27 bits per heavy atom. The number of ether oxygens (including phenoxy) is 2. The zero-order valence-electron chi connectivity index (χ0n) is 18.7. The number of hydrogen-bond acceptors (Lipinski definition) is 4. The van der Waals surface area contributed by atoms with Gasteiger partial charge in [0.15, 0.2) is 6.61 Å². The fourth-order valence-corrected chi connectivity index (χ4v) is 2.96. The van der Waals surface area contributed by atoms with Gasteiger partial charge in [0.05, 0.1) is 7.11 Å². The lowest BCUT2D eigenvalue weighted by Crippen LogP contribution is -2.53. The van der Waals surface area contributed by atoms with Gasteiger partial charge in [-0.25, -0.2) is 0 Å². The molecule has 6 heteroatoms. The Balaban J connectivity index is 2.15. The van der Waals surface area contributed by atoms with E-state index in [1.54, 1.807) is 43.2 Å². The van der Waals surface area contributed by atoms with Gasteiger partial charge in [0.2, 0.25) is 5.91 Å². The van der Waals surface area contributed by atoms with Crippen molar-refractivity contribution in [3.05, 3.63) is 59.7 Å². The number of methoxy groups -OCH3 is 1. The van der Waals surface area contributed by atoms with E-state index < -0.39 is 6.04 Å². The number of nitrogens with zero attached hydrogens (tertiary/aromatic N) is 1. The third kappa shape index (κ3) is 7.10. The summed E-state index contributed by atoms with van der Waals surface area (Å²) in [4.78, 5) is 27.3. The highest BCUT2D eigenvalue weighted by molar-refractivity contribution is 5.88. The van der Waals surface area contributed by atoms with Gasteiger partial charge in [-0.05, 0) is 64.4 Å². The maximum atomic E-state index is 13.0. The molecule has 0 saturated heterocycles. The van der Waals surface area contributed by atoms with Crippen LogP contribution in [0.25, 0.3) is 0 Å². The number of rotatable bonds is 8. The largest absolute Gasteiger partial charge is 0.497 e. The Hall–Kier alpha value is -3.02. The number of amides is 2. The van der Waals surface area contributed by atoms with E-state index in [-0.39, 0.29) is 24.0 Å². The first-order chi connectivity index (χ1) is 14.1. The van der Waals surface area contributed by atoms with Crippen LogP contribution in [0.1, 0.15) is 38.8 Å². The van der Waals surface area contributed by atoms with Crippen molar-refractivity contribution in [3.63, 3.8) is 0 Å². The van der Waals surface area contributed by atoms with Crippen molar-refractivity contribution in [3.8, 4) is 11.5 Å². The Morgan fingerprint density at radius 2 is 1.70 bits per heavy atom. The smallest absolute Gasteiger partial charge is 0.261 e. The van der Waals surface area contributed by atoms with E-state index in [0.29, 0.717) is 18.0 Å². The molecule has 0 aliphatic heterocycles. The molecule has 2 amide bonds. The third-order valence-electron chi connectivity index (χ3n) is 4.52. The van der Waals surface area contributed by atoms with Gasteiger partial charge in [-0.3, -0.25) is 9.59 Å². The summed E-state index contributed by atoms with van der Waals surface area (Å²) in [5.74, 6) is 0.811. The lowest BCUT2D eigenvalue weighted by molar-refractivity contribution is -0.142. The number of aryl methyl sites for hydroxylation is 1. The van der Waals surface area contributed by atoms with E-state index in [9.17, 15) is 9.59 Å². The van der Waals surface area contributed by atoms with E-state index in [2.05, 4.69) is 5.32 Å². The average Bonchev–Trinajstić information content (AvgIpc) is 2.69. The van der Waals surface area contributed by atoms with Crippen LogP contribution in [0, 0.1) is 6.92 Å². The molecule has 6 nitrogen and oxygen atoms in total. The first kappa shape index (κ1) is 23.3. The second kappa shape index (κ2) is 10.1. The van der Waals surface area contributed by atoms with Gasteiger partial charge in [0, 0.05) is 12.1 Å². The second-order valence-electron chi connectivity index (χ2n) is 8.39. The minimum atomic E-state index is -0.642. The quantitative estimate of drug-likeness (QED) is 0.718. The Morgan fingerprint density at radius 1 is 1.07 bits per heavy atom. The summed E-state index contributed by atoms with van der Waals surface area (Å²) in [5, 5.41) is 2.95. The van der Waals surface area contributed by atoms with Crippen LogP contribution in [-0.4, -0.2) is 42.0 Å². The highest BCUT2D eigenvalue weighted by Crippen LogP contribution is 2.18.